The fourth-order valence-electron chi connectivity index (χ4n) is 4.65. The summed E-state index contributed by atoms with van der Waals surface area (Å²) in [7, 11) is 0. The number of carbonyl (C=O) groups excluding carboxylic acids is 2. The quantitative estimate of drug-likeness (QED) is 0.543. The van der Waals surface area contributed by atoms with Crippen LogP contribution in [0, 0.1) is 5.92 Å². The number of anilines is 1. The number of amides is 2. The molecule has 0 bridgehead atoms. The van der Waals surface area contributed by atoms with Crippen molar-refractivity contribution in [3.8, 4) is 0 Å². The second-order valence-corrected chi connectivity index (χ2v) is 9.92. The number of likely N-dealkylation sites (tertiary alicyclic amines) is 1. The summed E-state index contributed by atoms with van der Waals surface area (Å²) >= 11 is 7.47. The SMILES string of the molecule is O=C(Nc1nc2cc(Cl)ccc2o1)c1csc(C2CCN(C(=O)C3CCCCC3)CC2)n1. The molecule has 1 aromatic carbocycles. The van der Waals surface area contributed by atoms with Crippen molar-refractivity contribution in [2.45, 2.75) is 50.9 Å². The number of carbonyl (C=O) groups is 2. The summed E-state index contributed by atoms with van der Waals surface area (Å²) in [6, 6.07) is 5.23. The number of hydrogen-bond donors (Lipinski definition) is 1. The molecule has 1 N–H and O–H groups in total. The monoisotopic (exact) mass is 472 g/mol. The number of halogens is 1. The van der Waals surface area contributed by atoms with Crippen LogP contribution in [0.15, 0.2) is 28.0 Å². The van der Waals surface area contributed by atoms with E-state index >= 15 is 0 Å². The third kappa shape index (κ3) is 4.52. The highest BCUT2D eigenvalue weighted by molar-refractivity contribution is 7.10. The van der Waals surface area contributed by atoms with E-state index in [4.69, 9.17) is 16.0 Å². The van der Waals surface area contributed by atoms with E-state index in [1.807, 2.05) is 4.90 Å². The van der Waals surface area contributed by atoms with Crippen LogP contribution in [-0.4, -0.2) is 39.8 Å². The number of nitrogens with one attached hydrogen (secondary N) is 1. The van der Waals surface area contributed by atoms with Gasteiger partial charge in [0.2, 0.25) is 5.91 Å². The third-order valence-electron chi connectivity index (χ3n) is 6.43. The fourth-order valence-corrected chi connectivity index (χ4v) is 5.79. The number of nitrogens with zero attached hydrogens (tertiary/aromatic N) is 3. The van der Waals surface area contributed by atoms with E-state index in [0.717, 1.165) is 43.8 Å². The molecule has 2 amide bonds. The van der Waals surface area contributed by atoms with Crippen molar-refractivity contribution >= 4 is 51.9 Å². The average Bonchev–Trinajstić information content (AvgIpc) is 3.46. The van der Waals surface area contributed by atoms with Gasteiger partial charge in [-0.3, -0.25) is 14.9 Å². The lowest BCUT2D eigenvalue weighted by molar-refractivity contribution is -0.137. The Morgan fingerprint density at radius 2 is 1.88 bits per heavy atom. The van der Waals surface area contributed by atoms with Gasteiger partial charge in [0.25, 0.3) is 5.91 Å². The molecule has 168 valence electrons. The first-order valence-corrected chi connectivity index (χ1v) is 12.4. The molecule has 7 nitrogen and oxygen atoms in total. The van der Waals surface area contributed by atoms with Crippen molar-refractivity contribution in [1.82, 2.24) is 14.9 Å². The van der Waals surface area contributed by atoms with Crippen LogP contribution in [0.2, 0.25) is 5.02 Å². The van der Waals surface area contributed by atoms with Crippen molar-refractivity contribution in [3.63, 3.8) is 0 Å². The van der Waals surface area contributed by atoms with Crippen molar-refractivity contribution in [2.24, 2.45) is 5.92 Å². The lowest BCUT2D eigenvalue weighted by Crippen LogP contribution is -2.41. The molecule has 3 aromatic rings. The first-order valence-electron chi connectivity index (χ1n) is 11.2. The fraction of sp³-hybridized carbons (Fsp3) is 0.478. The summed E-state index contributed by atoms with van der Waals surface area (Å²) in [4.78, 5) is 36.3. The number of benzene rings is 1. The zero-order chi connectivity index (χ0) is 22.1. The standard InChI is InChI=1S/C23H25ClN4O3S/c24-16-6-7-19-17(12-16)26-23(31-19)27-20(29)18-13-32-21(25-18)14-8-10-28(11-9-14)22(30)15-4-2-1-3-5-15/h6-7,12-15H,1-5,8-11H2,(H,26,27,29). The minimum Gasteiger partial charge on any atom is -0.423 e. The largest absolute Gasteiger partial charge is 0.423 e. The van der Waals surface area contributed by atoms with E-state index in [1.54, 1.807) is 23.6 Å². The first-order chi connectivity index (χ1) is 15.6. The van der Waals surface area contributed by atoms with Gasteiger partial charge < -0.3 is 9.32 Å². The summed E-state index contributed by atoms with van der Waals surface area (Å²) in [5.41, 5.74) is 1.49. The molecule has 1 saturated heterocycles. The minimum absolute atomic E-state index is 0.122. The maximum atomic E-state index is 12.8. The second-order valence-electron chi connectivity index (χ2n) is 8.59. The van der Waals surface area contributed by atoms with Gasteiger partial charge in [0.05, 0.1) is 5.01 Å². The number of piperidine rings is 1. The van der Waals surface area contributed by atoms with Crippen molar-refractivity contribution < 1.29 is 14.0 Å². The molecule has 1 saturated carbocycles. The molecule has 2 aromatic heterocycles. The summed E-state index contributed by atoms with van der Waals surface area (Å²) in [6.45, 7) is 1.54. The zero-order valence-electron chi connectivity index (χ0n) is 17.7. The zero-order valence-corrected chi connectivity index (χ0v) is 19.3. The van der Waals surface area contributed by atoms with Crippen LogP contribution in [0.4, 0.5) is 6.01 Å². The van der Waals surface area contributed by atoms with Crippen LogP contribution in [0.25, 0.3) is 11.1 Å². The highest BCUT2D eigenvalue weighted by atomic mass is 35.5. The Kier molecular flexibility index (Phi) is 6.15. The van der Waals surface area contributed by atoms with Crippen molar-refractivity contribution in [3.05, 3.63) is 39.3 Å². The van der Waals surface area contributed by atoms with Gasteiger partial charge >= 0.3 is 6.01 Å². The van der Waals surface area contributed by atoms with E-state index in [1.165, 1.54) is 30.6 Å². The Hall–Kier alpha value is -2.45. The van der Waals surface area contributed by atoms with E-state index in [-0.39, 0.29) is 23.8 Å². The van der Waals surface area contributed by atoms with Crippen LogP contribution in [0.5, 0.6) is 0 Å². The van der Waals surface area contributed by atoms with Gasteiger partial charge in [0.15, 0.2) is 5.58 Å². The molecule has 32 heavy (non-hydrogen) atoms. The number of aromatic nitrogens is 2. The molecule has 0 radical (unpaired) electrons. The maximum Gasteiger partial charge on any atom is 0.302 e. The average molecular weight is 473 g/mol. The first kappa shape index (κ1) is 21.4. The molecule has 1 aliphatic heterocycles. The van der Waals surface area contributed by atoms with Gasteiger partial charge in [-0.2, -0.15) is 4.98 Å². The van der Waals surface area contributed by atoms with Crippen molar-refractivity contribution in [1.29, 1.82) is 0 Å². The van der Waals surface area contributed by atoms with Gasteiger partial charge in [-0.1, -0.05) is 30.9 Å². The van der Waals surface area contributed by atoms with E-state index < -0.39 is 0 Å². The minimum atomic E-state index is -0.352. The molecular weight excluding hydrogens is 448 g/mol. The summed E-state index contributed by atoms with van der Waals surface area (Å²) in [6.07, 6.45) is 7.46. The van der Waals surface area contributed by atoms with Crippen LogP contribution in [0.3, 0.4) is 0 Å². The number of fused-ring (bicyclic) bond motifs is 1. The lowest BCUT2D eigenvalue weighted by Gasteiger charge is -2.34. The molecule has 2 aliphatic rings. The van der Waals surface area contributed by atoms with Crippen molar-refractivity contribution in [2.75, 3.05) is 18.4 Å². The highest BCUT2D eigenvalue weighted by Gasteiger charge is 2.30. The smallest absolute Gasteiger partial charge is 0.302 e. The van der Waals surface area contributed by atoms with Crippen LogP contribution in [-0.2, 0) is 4.79 Å². The molecule has 0 spiro atoms. The predicted octanol–water partition coefficient (Wildman–Crippen LogP) is 5.48. The second kappa shape index (κ2) is 9.19. The molecule has 0 atom stereocenters. The molecule has 9 heteroatoms. The Morgan fingerprint density at radius 3 is 2.66 bits per heavy atom. The van der Waals surface area contributed by atoms with Gasteiger partial charge in [0.1, 0.15) is 11.2 Å². The lowest BCUT2D eigenvalue weighted by atomic mass is 9.87. The molecule has 1 aliphatic carbocycles. The van der Waals surface area contributed by atoms with E-state index in [0.29, 0.717) is 27.7 Å². The molecule has 2 fully saturated rings. The summed E-state index contributed by atoms with van der Waals surface area (Å²) in [5.74, 6) is 0.485. The number of rotatable bonds is 4. The van der Waals surface area contributed by atoms with Crippen LogP contribution < -0.4 is 5.32 Å². The number of thiazole rings is 1. The van der Waals surface area contributed by atoms with Crippen LogP contribution in [0.1, 0.15) is 66.4 Å². The predicted molar refractivity (Wildman–Crippen MR) is 124 cm³/mol. The summed E-state index contributed by atoms with van der Waals surface area (Å²) < 4.78 is 5.56. The topological polar surface area (TPSA) is 88.3 Å². The molecular formula is C23H25ClN4O3S. The van der Waals surface area contributed by atoms with Crippen LogP contribution >= 0.6 is 22.9 Å². The van der Waals surface area contributed by atoms with Gasteiger partial charge in [0, 0.05) is 35.3 Å². The van der Waals surface area contributed by atoms with Gasteiger partial charge in [-0.05, 0) is 43.9 Å². The van der Waals surface area contributed by atoms with Gasteiger partial charge in [-0.15, -0.1) is 11.3 Å². The van der Waals surface area contributed by atoms with E-state index in [2.05, 4.69) is 15.3 Å². The molecule has 3 heterocycles. The Balaban J connectivity index is 1.18. The Morgan fingerprint density at radius 1 is 1.09 bits per heavy atom. The number of hydrogen-bond acceptors (Lipinski definition) is 6. The highest BCUT2D eigenvalue weighted by Crippen LogP contribution is 2.33. The number of oxazole rings is 1. The van der Waals surface area contributed by atoms with Gasteiger partial charge in [-0.25, -0.2) is 4.98 Å². The Bertz CT molecular complexity index is 1130. The van der Waals surface area contributed by atoms with E-state index in [9.17, 15) is 9.59 Å². The Labute approximate surface area is 195 Å². The normalized spacial score (nSPS) is 18.2. The molecule has 5 rings (SSSR count). The maximum absolute atomic E-state index is 12.8. The summed E-state index contributed by atoms with van der Waals surface area (Å²) in [5, 5.41) is 5.94. The third-order valence-corrected chi connectivity index (χ3v) is 7.68. The molecule has 0 unspecified atom stereocenters.